The van der Waals surface area contributed by atoms with Gasteiger partial charge in [-0.1, -0.05) is 19.1 Å². The number of carbonyl (C=O) groups excluding carboxylic acids is 1. The van der Waals surface area contributed by atoms with Gasteiger partial charge < -0.3 is 10.6 Å². The maximum atomic E-state index is 12.4. The third-order valence-corrected chi connectivity index (χ3v) is 4.42. The van der Waals surface area contributed by atoms with Crippen molar-refractivity contribution < 1.29 is 4.79 Å². The van der Waals surface area contributed by atoms with Gasteiger partial charge in [0.15, 0.2) is 0 Å². The summed E-state index contributed by atoms with van der Waals surface area (Å²) in [6.45, 7) is 6.07. The van der Waals surface area contributed by atoms with E-state index in [2.05, 4.69) is 34.6 Å². The van der Waals surface area contributed by atoms with E-state index in [1.165, 1.54) is 12.0 Å². The smallest absolute Gasteiger partial charge is 0.241 e. The lowest BCUT2D eigenvalue weighted by Gasteiger charge is -2.35. The van der Waals surface area contributed by atoms with Gasteiger partial charge in [0.05, 0.1) is 6.04 Å². The minimum absolute atomic E-state index is 0.0796. The van der Waals surface area contributed by atoms with Crippen molar-refractivity contribution in [1.29, 1.82) is 0 Å². The number of hydrogen-bond donors (Lipinski definition) is 2. The van der Waals surface area contributed by atoms with Gasteiger partial charge in [-0.3, -0.25) is 9.69 Å². The number of likely N-dealkylation sites (N-methyl/N-ethyl adjacent to an activating group) is 1. The van der Waals surface area contributed by atoms with Crippen molar-refractivity contribution >= 4 is 11.6 Å². The number of benzene rings is 1. The first kappa shape index (κ1) is 16.0. The van der Waals surface area contributed by atoms with Gasteiger partial charge in [-0.15, -0.1) is 0 Å². The van der Waals surface area contributed by atoms with Crippen molar-refractivity contribution in [3.8, 4) is 0 Å². The van der Waals surface area contributed by atoms with Gasteiger partial charge in [-0.25, -0.2) is 0 Å². The summed E-state index contributed by atoms with van der Waals surface area (Å²) < 4.78 is 0. The second-order valence-corrected chi connectivity index (χ2v) is 5.84. The van der Waals surface area contributed by atoms with E-state index in [1.807, 2.05) is 26.1 Å². The van der Waals surface area contributed by atoms with Gasteiger partial charge in [0.1, 0.15) is 0 Å². The number of likely N-dealkylation sites (tertiary alicyclic amines) is 1. The largest absolute Gasteiger partial charge is 0.325 e. The van der Waals surface area contributed by atoms with Crippen molar-refractivity contribution in [2.75, 3.05) is 25.5 Å². The third-order valence-electron chi connectivity index (χ3n) is 4.42. The average Bonchev–Trinajstić information content (AvgIpc) is 2.54. The SMILES string of the molecule is CCc1ccc(NC(=O)C(C)N2CCCC(NC)C2)cc1. The number of piperidine rings is 1. The fourth-order valence-corrected chi connectivity index (χ4v) is 2.83. The van der Waals surface area contributed by atoms with Gasteiger partial charge in [0.25, 0.3) is 0 Å². The van der Waals surface area contributed by atoms with E-state index >= 15 is 0 Å². The molecule has 1 aromatic carbocycles. The lowest BCUT2D eigenvalue weighted by atomic mass is 10.0. The summed E-state index contributed by atoms with van der Waals surface area (Å²) in [5.74, 6) is 0.0796. The molecule has 1 heterocycles. The van der Waals surface area contributed by atoms with E-state index in [1.54, 1.807) is 0 Å². The van der Waals surface area contributed by atoms with Crippen LogP contribution in [0.4, 0.5) is 5.69 Å². The molecule has 2 rings (SSSR count). The minimum Gasteiger partial charge on any atom is -0.325 e. The Kier molecular flexibility index (Phi) is 5.76. The summed E-state index contributed by atoms with van der Waals surface area (Å²) in [5, 5.41) is 6.34. The number of anilines is 1. The van der Waals surface area contributed by atoms with Gasteiger partial charge in [-0.2, -0.15) is 0 Å². The third kappa shape index (κ3) is 4.29. The second-order valence-electron chi connectivity index (χ2n) is 5.84. The fourth-order valence-electron chi connectivity index (χ4n) is 2.83. The molecule has 0 spiro atoms. The number of hydrogen-bond acceptors (Lipinski definition) is 3. The molecule has 1 aliphatic rings. The predicted octanol–water partition coefficient (Wildman–Crippen LogP) is 2.26. The Hall–Kier alpha value is -1.39. The van der Waals surface area contributed by atoms with E-state index < -0.39 is 0 Å². The van der Waals surface area contributed by atoms with Crippen LogP contribution in [0.25, 0.3) is 0 Å². The molecular formula is C17H27N3O. The molecule has 0 saturated carbocycles. The molecule has 1 saturated heterocycles. The van der Waals surface area contributed by atoms with Crippen LogP contribution in [0.2, 0.25) is 0 Å². The standard InChI is InChI=1S/C17H27N3O/c1-4-14-7-9-15(10-8-14)19-17(21)13(2)20-11-5-6-16(12-20)18-3/h7-10,13,16,18H,4-6,11-12H2,1-3H3,(H,19,21). The highest BCUT2D eigenvalue weighted by atomic mass is 16.2. The predicted molar refractivity (Wildman–Crippen MR) is 87.6 cm³/mol. The van der Waals surface area contributed by atoms with E-state index in [-0.39, 0.29) is 11.9 Å². The van der Waals surface area contributed by atoms with Crippen LogP contribution in [-0.2, 0) is 11.2 Å². The van der Waals surface area contributed by atoms with Crippen LogP contribution in [0.3, 0.4) is 0 Å². The molecule has 21 heavy (non-hydrogen) atoms. The molecule has 0 bridgehead atoms. The quantitative estimate of drug-likeness (QED) is 0.874. The van der Waals surface area contributed by atoms with Crippen molar-refractivity contribution in [2.24, 2.45) is 0 Å². The van der Waals surface area contributed by atoms with Gasteiger partial charge in [0.2, 0.25) is 5.91 Å². The van der Waals surface area contributed by atoms with Crippen LogP contribution >= 0.6 is 0 Å². The fraction of sp³-hybridized carbons (Fsp3) is 0.588. The first-order valence-corrected chi connectivity index (χ1v) is 7.95. The molecular weight excluding hydrogens is 262 g/mol. The summed E-state index contributed by atoms with van der Waals surface area (Å²) in [7, 11) is 1.99. The molecule has 4 heteroatoms. The van der Waals surface area contributed by atoms with Gasteiger partial charge >= 0.3 is 0 Å². The van der Waals surface area contributed by atoms with Crippen LogP contribution < -0.4 is 10.6 Å². The van der Waals surface area contributed by atoms with E-state index in [0.29, 0.717) is 6.04 Å². The Bertz CT molecular complexity index is 458. The Morgan fingerprint density at radius 3 is 2.71 bits per heavy atom. The number of rotatable bonds is 5. The van der Waals surface area contributed by atoms with E-state index in [0.717, 1.165) is 31.6 Å². The van der Waals surface area contributed by atoms with Crippen LogP contribution in [0.1, 0.15) is 32.3 Å². The number of nitrogens with zero attached hydrogens (tertiary/aromatic N) is 1. The lowest BCUT2D eigenvalue weighted by Crippen LogP contribution is -2.51. The maximum Gasteiger partial charge on any atom is 0.241 e. The molecule has 2 unspecified atom stereocenters. The number of nitrogens with one attached hydrogen (secondary N) is 2. The second kappa shape index (κ2) is 7.57. The lowest BCUT2D eigenvalue weighted by molar-refractivity contribution is -0.121. The highest BCUT2D eigenvalue weighted by Crippen LogP contribution is 2.15. The Morgan fingerprint density at radius 2 is 2.10 bits per heavy atom. The van der Waals surface area contributed by atoms with Crippen molar-refractivity contribution in [1.82, 2.24) is 10.2 Å². The summed E-state index contributed by atoms with van der Waals surface area (Å²) in [5.41, 5.74) is 2.17. The zero-order chi connectivity index (χ0) is 15.2. The number of amides is 1. The summed E-state index contributed by atoms with van der Waals surface area (Å²) in [4.78, 5) is 14.7. The molecule has 2 N–H and O–H groups in total. The van der Waals surface area contributed by atoms with Crippen LogP contribution in [-0.4, -0.2) is 43.0 Å². The molecule has 0 aromatic heterocycles. The maximum absolute atomic E-state index is 12.4. The summed E-state index contributed by atoms with van der Waals surface area (Å²) >= 11 is 0. The zero-order valence-electron chi connectivity index (χ0n) is 13.4. The Labute approximate surface area is 127 Å². The van der Waals surface area contributed by atoms with Gasteiger partial charge in [-0.05, 0) is 57.5 Å². The molecule has 1 fully saturated rings. The number of carbonyl (C=O) groups is 1. The molecule has 1 amide bonds. The molecule has 1 aromatic rings. The zero-order valence-corrected chi connectivity index (χ0v) is 13.4. The minimum atomic E-state index is -0.0907. The van der Waals surface area contributed by atoms with E-state index in [4.69, 9.17) is 0 Å². The van der Waals surface area contributed by atoms with Crippen molar-refractivity contribution in [3.63, 3.8) is 0 Å². The highest BCUT2D eigenvalue weighted by Gasteiger charge is 2.26. The van der Waals surface area contributed by atoms with Crippen molar-refractivity contribution in [3.05, 3.63) is 29.8 Å². The Balaban J connectivity index is 1.92. The molecule has 2 atom stereocenters. The molecule has 1 aliphatic heterocycles. The monoisotopic (exact) mass is 289 g/mol. The summed E-state index contributed by atoms with van der Waals surface area (Å²) in [6.07, 6.45) is 3.36. The summed E-state index contributed by atoms with van der Waals surface area (Å²) in [6, 6.07) is 8.51. The van der Waals surface area contributed by atoms with Crippen LogP contribution in [0.15, 0.2) is 24.3 Å². The molecule has 0 radical (unpaired) electrons. The van der Waals surface area contributed by atoms with E-state index in [9.17, 15) is 4.79 Å². The molecule has 0 aliphatic carbocycles. The topological polar surface area (TPSA) is 44.4 Å². The highest BCUT2D eigenvalue weighted by molar-refractivity contribution is 5.94. The first-order chi connectivity index (χ1) is 10.1. The van der Waals surface area contributed by atoms with Crippen LogP contribution in [0.5, 0.6) is 0 Å². The van der Waals surface area contributed by atoms with Crippen molar-refractivity contribution in [2.45, 2.75) is 45.2 Å². The first-order valence-electron chi connectivity index (χ1n) is 7.95. The van der Waals surface area contributed by atoms with Gasteiger partial charge in [0, 0.05) is 18.3 Å². The normalized spacial score (nSPS) is 21.0. The average molecular weight is 289 g/mol. The van der Waals surface area contributed by atoms with Crippen LogP contribution in [0, 0.1) is 0 Å². The Morgan fingerprint density at radius 1 is 1.38 bits per heavy atom. The number of aryl methyl sites for hydroxylation is 1. The molecule has 4 nitrogen and oxygen atoms in total. The molecule has 116 valence electrons.